The van der Waals surface area contributed by atoms with Crippen LogP contribution in [-0.2, 0) is 19.1 Å². The summed E-state index contributed by atoms with van der Waals surface area (Å²) in [6.07, 6.45) is 35.3. The zero-order valence-electron chi connectivity index (χ0n) is 35.0. The predicted molar refractivity (Wildman–Crippen MR) is 215 cm³/mol. The van der Waals surface area contributed by atoms with Crippen LogP contribution < -0.4 is 0 Å². The van der Waals surface area contributed by atoms with Gasteiger partial charge in [-0.05, 0) is 96.7 Å². The summed E-state index contributed by atoms with van der Waals surface area (Å²) in [5.74, 6) is 0.709. The van der Waals surface area contributed by atoms with Crippen LogP contribution in [0.25, 0.3) is 0 Å². The van der Waals surface area contributed by atoms with Gasteiger partial charge in [0.2, 0.25) is 0 Å². The molecule has 0 aromatic carbocycles. The molecule has 5 heteroatoms. The van der Waals surface area contributed by atoms with Gasteiger partial charge in [0.15, 0.2) is 0 Å². The standard InChI is InChI=1S/C45H87NO4/c1-9-11-13-15-17-19-21-23-25-27-30-40(31-28-26-24-22-20-18-16-14-12-10-2)44(3,4)38-45(5,6)50-43(48)37-39-33-34-41(36-39)49-42(47)32-29-35-46(7)8/h39-41H,9-38H2,1-8H3. The quantitative estimate of drug-likeness (QED) is 0.0502. The Bertz CT molecular complexity index is 813. The minimum absolute atomic E-state index is 0.0519. The van der Waals surface area contributed by atoms with E-state index < -0.39 is 5.60 Å². The fraction of sp³-hybridized carbons (Fsp3) is 0.956. The topological polar surface area (TPSA) is 55.8 Å². The first kappa shape index (κ1) is 46.9. The fourth-order valence-electron chi connectivity index (χ4n) is 8.65. The molecule has 296 valence electrons. The molecule has 2 atom stereocenters. The molecule has 0 aromatic rings. The van der Waals surface area contributed by atoms with E-state index in [0.717, 1.165) is 38.6 Å². The van der Waals surface area contributed by atoms with E-state index in [2.05, 4.69) is 46.4 Å². The maximum absolute atomic E-state index is 13.2. The highest BCUT2D eigenvalue weighted by molar-refractivity contribution is 5.70. The van der Waals surface area contributed by atoms with E-state index in [4.69, 9.17) is 9.47 Å². The Morgan fingerprint density at radius 3 is 1.56 bits per heavy atom. The molecule has 0 bridgehead atoms. The van der Waals surface area contributed by atoms with Gasteiger partial charge in [0.05, 0.1) is 0 Å². The molecule has 1 aliphatic rings. The average Bonchev–Trinajstić information content (AvgIpc) is 3.46. The van der Waals surface area contributed by atoms with Crippen LogP contribution in [-0.4, -0.2) is 49.2 Å². The van der Waals surface area contributed by atoms with Crippen molar-refractivity contribution in [1.29, 1.82) is 0 Å². The van der Waals surface area contributed by atoms with E-state index in [-0.39, 0.29) is 29.4 Å². The van der Waals surface area contributed by atoms with Gasteiger partial charge in [-0.25, -0.2) is 0 Å². The number of rotatable bonds is 33. The van der Waals surface area contributed by atoms with Crippen molar-refractivity contribution in [3.63, 3.8) is 0 Å². The van der Waals surface area contributed by atoms with Crippen LogP contribution in [0.3, 0.4) is 0 Å². The lowest BCUT2D eigenvalue weighted by molar-refractivity contribution is -0.161. The molecule has 0 saturated heterocycles. The number of hydrogen-bond acceptors (Lipinski definition) is 5. The van der Waals surface area contributed by atoms with Gasteiger partial charge in [-0.15, -0.1) is 0 Å². The third kappa shape index (κ3) is 25.0. The van der Waals surface area contributed by atoms with Crippen LogP contribution >= 0.6 is 0 Å². The highest BCUT2D eigenvalue weighted by Gasteiger charge is 2.38. The molecule has 1 saturated carbocycles. The summed E-state index contributed by atoms with van der Waals surface area (Å²) >= 11 is 0. The number of esters is 2. The lowest BCUT2D eigenvalue weighted by Crippen LogP contribution is -2.37. The second-order valence-corrected chi connectivity index (χ2v) is 17.9. The van der Waals surface area contributed by atoms with Crippen LogP contribution in [0.15, 0.2) is 0 Å². The van der Waals surface area contributed by atoms with Gasteiger partial charge in [0, 0.05) is 12.8 Å². The molecule has 2 unspecified atom stereocenters. The van der Waals surface area contributed by atoms with Crippen molar-refractivity contribution in [3.8, 4) is 0 Å². The number of ether oxygens (including phenoxy) is 2. The highest BCUT2D eigenvalue weighted by atomic mass is 16.6. The summed E-state index contributed by atoms with van der Waals surface area (Å²) < 4.78 is 12.0. The normalized spacial score (nSPS) is 16.8. The van der Waals surface area contributed by atoms with E-state index in [1.165, 1.54) is 141 Å². The second-order valence-electron chi connectivity index (χ2n) is 17.9. The molecule has 0 N–H and O–H groups in total. The zero-order valence-corrected chi connectivity index (χ0v) is 35.0. The van der Waals surface area contributed by atoms with E-state index in [1.807, 2.05) is 14.1 Å². The summed E-state index contributed by atoms with van der Waals surface area (Å²) in [5, 5.41) is 0. The molecule has 50 heavy (non-hydrogen) atoms. The molecule has 1 fully saturated rings. The first-order valence-corrected chi connectivity index (χ1v) is 21.9. The minimum Gasteiger partial charge on any atom is -0.462 e. The largest absolute Gasteiger partial charge is 0.462 e. The third-order valence-corrected chi connectivity index (χ3v) is 11.4. The Morgan fingerprint density at radius 2 is 1.10 bits per heavy atom. The van der Waals surface area contributed by atoms with Crippen LogP contribution in [0.1, 0.15) is 228 Å². The van der Waals surface area contributed by atoms with E-state index >= 15 is 0 Å². The zero-order chi connectivity index (χ0) is 37.1. The summed E-state index contributed by atoms with van der Waals surface area (Å²) in [6, 6.07) is 0. The van der Waals surface area contributed by atoms with Gasteiger partial charge in [-0.3, -0.25) is 9.59 Å². The molecule has 0 amide bonds. The first-order chi connectivity index (χ1) is 23.9. The Hall–Kier alpha value is -1.10. The van der Waals surface area contributed by atoms with Crippen LogP contribution in [0.4, 0.5) is 0 Å². The highest BCUT2D eigenvalue weighted by Crippen LogP contribution is 2.42. The fourth-order valence-corrected chi connectivity index (χ4v) is 8.65. The summed E-state index contributed by atoms with van der Waals surface area (Å²) in [5.41, 5.74) is -0.382. The number of carbonyl (C=O) groups excluding carboxylic acids is 2. The van der Waals surface area contributed by atoms with E-state index in [9.17, 15) is 9.59 Å². The van der Waals surface area contributed by atoms with Gasteiger partial charge < -0.3 is 14.4 Å². The molecular weight excluding hydrogens is 618 g/mol. The first-order valence-electron chi connectivity index (χ1n) is 21.9. The molecular formula is C45H87NO4. The molecule has 1 rings (SSSR count). The van der Waals surface area contributed by atoms with Crippen LogP contribution in [0.5, 0.6) is 0 Å². The Kier molecular flexibility index (Phi) is 26.7. The van der Waals surface area contributed by atoms with Crippen molar-refractivity contribution >= 4 is 11.9 Å². The van der Waals surface area contributed by atoms with E-state index in [0.29, 0.717) is 18.8 Å². The van der Waals surface area contributed by atoms with Gasteiger partial charge in [0.25, 0.3) is 0 Å². The Balaban J connectivity index is 2.56. The molecule has 0 spiro atoms. The predicted octanol–water partition coefficient (Wildman–Crippen LogP) is 13.4. The summed E-state index contributed by atoms with van der Waals surface area (Å²) in [4.78, 5) is 27.6. The number of hydrogen-bond donors (Lipinski definition) is 0. The van der Waals surface area contributed by atoms with Crippen molar-refractivity contribution in [2.45, 2.75) is 239 Å². The lowest BCUT2D eigenvalue weighted by atomic mass is 9.68. The molecule has 0 aliphatic heterocycles. The molecule has 5 nitrogen and oxygen atoms in total. The second kappa shape index (κ2) is 28.4. The summed E-state index contributed by atoms with van der Waals surface area (Å²) in [7, 11) is 4.04. The van der Waals surface area contributed by atoms with Crippen molar-refractivity contribution in [3.05, 3.63) is 0 Å². The Labute approximate surface area is 312 Å². The van der Waals surface area contributed by atoms with E-state index in [1.54, 1.807) is 0 Å². The number of unbranched alkanes of at least 4 members (excludes halogenated alkanes) is 18. The van der Waals surface area contributed by atoms with Crippen molar-refractivity contribution in [2.75, 3.05) is 20.6 Å². The molecule has 0 heterocycles. The Morgan fingerprint density at radius 1 is 0.640 bits per heavy atom. The SMILES string of the molecule is CCCCCCCCCCCCC(CCCCCCCCCCCC)C(C)(C)CC(C)(C)OC(=O)CC1CCC(OC(=O)CCCN(C)C)C1. The van der Waals surface area contributed by atoms with Gasteiger partial charge in [0.1, 0.15) is 11.7 Å². The smallest absolute Gasteiger partial charge is 0.306 e. The molecule has 1 aliphatic carbocycles. The average molecular weight is 706 g/mol. The molecule has 0 radical (unpaired) electrons. The van der Waals surface area contributed by atoms with Crippen molar-refractivity contribution in [2.24, 2.45) is 17.3 Å². The van der Waals surface area contributed by atoms with Crippen molar-refractivity contribution in [1.82, 2.24) is 4.90 Å². The van der Waals surface area contributed by atoms with Gasteiger partial charge in [-0.1, -0.05) is 156 Å². The maximum Gasteiger partial charge on any atom is 0.306 e. The third-order valence-electron chi connectivity index (χ3n) is 11.4. The maximum atomic E-state index is 13.2. The van der Waals surface area contributed by atoms with Crippen LogP contribution in [0.2, 0.25) is 0 Å². The van der Waals surface area contributed by atoms with Crippen LogP contribution in [0, 0.1) is 17.3 Å². The number of carbonyl (C=O) groups is 2. The van der Waals surface area contributed by atoms with Gasteiger partial charge in [-0.2, -0.15) is 0 Å². The van der Waals surface area contributed by atoms with Gasteiger partial charge >= 0.3 is 11.9 Å². The number of nitrogens with zero attached hydrogens (tertiary/aromatic N) is 1. The molecule has 0 aromatic heterocycles. The van der Waals surface area contributed by atoms with Crippen molar-refractivity contribution < 1.29 is 19.1 Å². The summed E-state index contributed by atoms with van der Waals surface area (Å²) in [6.45, 7) is 14.6. The monoisotopic (exact) mass is 706 g/mol. The minimum atomic E-state index is -0.495. The lowest BCUT2D eigenvalue weighted by Gasteiger charge is -2.40.